The predicted octanol–water partition coefficient (Wildman–Crippen LogP) is 4.52. The number of rotatable bonds is 3. The Morgan fingerprint density at radius 3 is 2.62 bits per heavy atom. The Kier molecular flexibility index (Phi) is 6.19. The molecule has 2 heterocycles. The molecule has 4 rings (SSSR count). The molecule has 0 atom stereocenters. The van der Waals surface area contributed by atoms with Crippen molar-refractivity contribution in [3.05, 3.63) is 47.5 Å². The van der Waals surface area contributed by atoms with E-state index in [4.69, 9.17) is 0 Å². The Morgan fingerprint density at radius 1 is 1.17 bits per heavy atom. The Labute approximate surface area is 173 Å². The molecule has 1 saturated heterocycles. The van der Waals surface area contributed by atoms with Crippen molar-refractivity contribution in [1.82, 2.24) is 15.1 Å². The summed E-state index contributed by atoms with van der Waals surface area (Å²) in [5, 5.41) is 10.6. The van der Waals surface area contributed by atoms with Crippen LogP contribution in [0.3, 0.4) is 0 Å². The highest BCUT2D eigenvalue weighted by atomic mass is 35.5. The van der Waals surface area contributed by atoms with Gasteiger partial charge in [-0.1, -0.05) is 18.2 Å². The van der Waals surface area contributed by atoms with Gasteiger partial charge in [0.1, 0.15) is 0 Å². The number of piperidine rings is 1. The largest absolute Gasteiger partial charge is 0.308 e. The second-order valence-corrected chi connectivity index (χ2v) is 7.46. The van der Waals surface area contributed by atoms with Crippen LogP contribution in [0, 0.1) is 24.5 Å². The number of hydrogen-bond acceptors (Lipinski definition) is 3. The summed E-state index contributed by atoms with van der Waals surface area (Å²) >= 11 is 0. The molecule has 3 aromatic rings. The first-order valence-corrected chi connectivity index (χ1v) is 9.36. The second kappa shape index (κ2) is 8.47. The topological polar surface area (TPSA) is 61.0 Å². The number of carbonyl (C=O) groups is 1. The Hall–Kier alpha value is -2.51. The molecule has 1 fully saturated rings. The molecule has 1 aliphatic heterocycles. The first-order valence-electron chi connectivity index (χ1n) is 9.36. The molecular weight excluding hydrogens is 398 g/mol. The number of fused-ring (bicyclic) bond motifs is 1. The number of likely N-dealkylation sites (tertiary alicyclic amines) is 1. The van der Waals surface area contributed by atoms with Gasteiger partial charge in [-0.05, 0) is 63.2 Å². The minimum Gasteiger partial charge on any atom is -0.308 e. The number of anilines is 1. The number of halogens is 3. The molecule has 2 aromatic carbocycles. The maximum absolute atomic E-state index is 14.4. The first-order chi connectivity index (χ1) is 13.4. The van der Waals surface area contributed by atoms with Crippen LogP contribution in [0.4, 0.5) is 14.6 Å². The summed E-state index contributed by atoms with van der Waals surface area (Å²) in [4.78, 5) is 14.8. The molecule has 154 valence electrons. The fourth-order valence-electron chi connectivity index (χ4n) is 3.64. The third-order valence-corrected chi connectivity index (χ3v) is 5.48. The van der Waals surface area contributed by atoms with Crippen LogP contribution in [0.2, 0.25) is 0 Å². The lowest BCUT2D eigenvalue weighted by Gasteiger charge is -2.27. The van der Waals surface area contributed by atoms with Crippen LogP contribution in [0.25, 0.3) is 22.0 Å². The summed E-state index contributed by atoms with van der Waals surface area (Å²) in [6.45, 7) is 3.31. The zero-order chi connectivity index (χ0) is 19.8. The molecule has 2 N–H and O–H groups in total. The number of nitrogens with one attached hydrogen (secondary N) is 2. The van der Waals surface area contributed by atoms with Crippen molar-refractivity contribution in [1.29, 1.82) is 0 Å². The summed E-state index contributed by atoms with van der Waals surface area (Å²) in [5.41, 5.74) is 1.69. The van der Waals surface area contributed by atoms with Crippen LogP contribution in [-0.2, 0) is 4.79 Å². The molecule has 0 saturated carbocycles. The third-order valence-electron chi connectivity index (χ3n) is 5.48. The van der Waals surface area contributed by atoms with E-state index < -0.39 is 11.6 Å². The lowest BCUT2D eigenvalue weighted by atomic mass is 9.96. The molecule has 0 spiro atoms. The van der Waals surface area contributed by atoms with Crippen LogP contribution in [0.1, 0.15) is 18.4 Å². The van der Waals surface area contributed by atoms with Crippen molar-refractivity contribution in [2.24, 2.45) is 5.92 Å². The van der Waals surface area contributed by atoms with Gasteiger partial charge in [-0.2, -0.15) is 5.10 Å². The van der Waals surface area contributed by atoms with E-state index in [1.54, 1.807) is 30.3 Å². The number of H-pyrrole nitrogens is 1. The van der Waals surface area contributed by atoms with Crippen LogP contribution in [0.15, 0.2) is 30.3 Å². The minimum atomic E-state index is -0.875. The van der Waals surface area contributed by atoms with Gasteiger partial charge in [0.05, 0.1) is 5.52 Å². The van der Waals surface area contributed by atoms with Gasteiger partial charge in [-0.15, -0.1) is 12.4 Å². The van der Waals surface area contributed by atoms with Gasteiger partial charge in [-0.3, -0.25) is 9.89 Å². The summed E-state index contributed by atoms with van der Waals surface area (Å²) in [6, 6.07) is 8.29. The summed E-state index contributed by atoms with van der Waals surface area (Å²) in [6.07, 6.45) is 1.62. The van der Waals surface area contributed by atoms with E-state index in [-0.39, 0.29) is 35.4 Å². The molecule has 0 unspecified atom stereocenters. The first kappa shape index (κ1) is 21.2. The fraction of sp³-hybridized carbons (Fsp3) is 0.333. The molecule has 0 bridgehead atoms. The van der Waals surface area contributed by atoms with Gasteiger partial charge in [0.15, 0.2) is 17.5 Å². The van der Waals surface area contributed by atoms with Gasteiger partial charge in [0, 0.05) is 16.9 Å². The lowest BCUT2D eigenvalue weighted by Crippen LogP contribution is -2.36. The summed E-state index contributed by atoms with van der Waals surface area (Å²) in [7, 11) is 2.05. The average molecular weight is 421 g/mol. The van der Waals surface area contributed by atoms with E-state index in [0.29, 0.717) is 16.8 Å². The van der Waals surface area contributed by atoms with E-state index in [1.807, 2.05) is 7.05 Å². The summed E-state index contributed by atoms with van der Waals surface area (Å²) in [5.74, 6) is -1.41. The number of hydrogen-bond donors (Lipinski definition) is 2. The van der Waals surface area contributed by atoms with Crippen LogP contribution in [-0.4, -0.2) is 41.1 Å². The van der Waals surface area contributed by atoms with E-state index >= 15 is 0 Å². The smallest absolute Gasteiger partial charge is 0.228 e. The third kappa shape index (κ3) is 4.11. The number of aryl methyl sites for hydroxylation is 1. The zero-order valence-electron chi connectivity index (χ0n) is 16.3. The highest BCUT2D eigenvalue weighted by Crippen LogP contribution is 2.31. The van der Waals surface area contributed by atoms with Gasteiger partial charge in [-0.25, -0.2) is 8.78 Å². The van der Waals surface area contributed by atoms with Crippen molar-refractivity contribution in [3.63, 3.8) is 0 Å². The number of aromatic nitrogens is 2. The molecule has 0 radical (unpaired) electrons. The normalized spacial score (nSPS) is 15.3. The van der Waals surface area contributed by atoms with Crippen molar-refractivity contribution in [2.75, 3.05) is 25.5 Å². The van der Waals surface area contributed by atoms with E-state index in [2.05, 4.69) is 20.4 Å². The highest BCUT2D eigenvalue weighted by Gasteiger charge is 2.24. The van der Waals surface area contributed by atoms with Gasteiger partial charge in [0.25, 0.3) is 0 Å². The van der Waals surface area contributed by atoms with Crippen LogP contribution >= 0.6 is 12.4 Å². The maximum Gasteiger partial charge on any atom is 0.228 e. The monoisotopic (exact) mass is 420 g/mol. The highest BCUT2D eigenvalue weighted by molar-refractivity contribution is 6.01. The van der Waals surface area contributed by atoms with Gasteiger partial charge >= 0.3 is 0 Å². The second-order valence-electron chi connectivity index (χ2n) is 7.46. The average Bonchev–Trinajstić information content (AvgIpc) is 3.09. The van der Waals surface area contributed by atoms with E-state index in [0.717, 1.165) is 31.4 Å². The standard InChI is InChI=1S/C21H22F2N4O.ClH/c1-12-3-5-15(19(23)18(12)22)14-4-6-17-16(11-14)20(26-25-17)24-21(28)13-7-9-27(2)10-8-13;/h3-6,11,13H,7-10H2,1-2H3,(H2,24,25,26,28);1H. The molecule has 5 nitrogen and oxygen atoms in total. The number of nitrogens with zero attached hydrogens (tertiary/aromatic N) is 2. The van der Waals surface area contributed by atoms with Crippen molar-refractivity contribution in [3.8, 4) is 11.1 Å². The Balaban J connectivity index is 0.00000240. The molecular formula is C21H23ClF2N4O. The number of benzene rings is 2. The molecule has 8 heteroatoms. The van der Waals surface area contributed by atoms with E-state index in [9.17, 15) is 13.6 Å². The minimum absolute atomic E-state index is 0. The lowest BCUT2D eigenvalue weighted by molar-refractivity contribution is -0.121. The van der Waals surface area contributed by atoms with Gasteiger partial charge < -0.3 is 10.2 Å². The SMILES string of the molecule is Cc1ccc(-c2ccc3[nH]nc(NC(=O)C4CCN(C)CC4)c3c2)c(F)c1F.Cl. The predicted molar refractivity (Wildman–Crippen MR) is 112 cm³/mol. The molecule has 1 amide bonds. The molecule has 1 aromatic heterocycles. The van der Waals surface area contributed by atoms with Crippen molar-refractivity contribution >= 4 is 35.0 Å². The Morgan fingerprint density at radius 2 is 1.90 bits per heavy atom. The molecule has 29 heavy (non-hydrogen) atoms. The number of amides is 1. The zero-order valence-corrected chi connectivity index (χ0v) is 17.1. The van der Waals surface area contributed by atoms with Crippen molar-refractivity contribution in [2.45, 2.75) is 19.8 Å². The van der Waals surface area contributed by atoms with Crippen LogP contribution in [0.5, 0.6) is 0 Å². The van der Waals surface area contributed by atoms with E-state index in [1.165, 1.54) is 6.92 Å². The van der Waals surface area contributed by atoms with Gasteiger partial charge in [0.2, 0.25) is 5.91 Å². The maximum atomic E-state index is 14.4. The molecule has 1 aliphatic rings. The molecule has 0 aliphatic carbocycles. The quantitative estimate of drug-likeness (QED) is 0.655. The van der Waals surface area contributed by atoms with Crippen molar-refractivity contribution < 1.29 is 13.6 Å². The number of carbonyl (C=O) groups excluding carboxylic acids is 1. The number of aromatic amines is 1. The fourth-order valence-corrected chi connectivity index (χ4v) is 3.64. The summed E-state index contributed by atoms with van der Waals surface area (Å²) < 4.78 is 28.3. The Bertz CT molecular complexity index is 1040. The van der Waals surface area contributed by atoms with Crippen LogP contribution < -0.4 is 5.32 Å².